The van der Waals surface area contributed by atoms with Crippen molar-refractivity contribution in [2.24, 2.45) is 11.8 Å². The second-order valence-corrected chi connectivity index (χ2v) is 7.93. The summed E-state index contributed by atoms with van der Waals surface area (Å²) in [7, 11) is 0. The minimum absolute atomic E-state index is 0.188. The van der Waals surface area contributed by atoms with Gasteiger partial charge in [0.25, 0.3) is 0 Å². The number of likely N-dealkylation sites (tertiary alicyclic amines) is 1. The van der Waals surface area contributed by atoms with Crippen molar-refractivity contribution >= 4 is 23.4 Å². The minimum atomic E-state index is -1.16. The first-order valence-corrected chi connectivity index (χ1v) is 8.26. The van der Waals surface area contributed by atoms with Gasteiger partial charge in [0.1, 0.15) is 5.54 Å². The van der Waals surface area contributed by atoms with E-state index in [1.54, 1.807) is 0 Å². The summed E-state index contributed by atoms with van der Waals surface area (Å²) >= 11 is 0. The van der Waals surface area contributed by atoms with E-state index in [2.05, 4.69) is 10.6 Å². The zero-order valence-electron chi connectivity index (χ0n) is 14.2. The van der Waals surface area contributed by atoms with E-state index in [0.29, 0.717) is 5.69 Å². The van der Waals surface area contributed by atoms with Gasteiger partial charge in [-0.2, -0.15) is 0 Å². The van der Waals surface area contributed by atoms with Crippen molar-refractivity contribution in [1.29, 1.82) is 0 Å². The summed E-state index contributed by atoms with van der Waals surface area (Å²) in [6.07, 6.45) is 0. The van der Waals surface area contributed by atoms with Gasteiger partial charge in [-0.05, 0) is 33.8 Å². The van der Waals surface area contributed by atoms with Gasteiger partial charge in [-0.1, -0.05) is 18.2 Å². The predicted octanol–water partition coefficient (Wildman–Crippen LogP) is 1.23. The third kappa shape index (κ3) is 1.61. The number of carbonyl (C=O) groups excluding carboxylic acids is 3. The zero-order chi connectivity index (χ0) is 17.4. The molecule has 3 aliphatic heterocycles. The van der Waals surface area contributed by atoms with E-state index in [0.717, 1.165) is 5.56 Å². The van der Waals surface area contributed by atoms with Crippen LogP contribution < -0.4 is 10.6 Å². The Morgan fingerprint density at radius 2 is 1.75 bits per heavy atom. The number of anilines is 1. The maximum atomic E-state index is 13.2. The minimum Gasteiger partial charge on any atom is -0.324 e. The van der Waals surface area contributed by atoms with E-state index in [-0.39, 0.29) is 23.8 Å². The highest BCUT2D eigenvalue weighted by atomic mass is 16.2. The third-order valence-electron chi connectivity index (χ3n) is 5.44. The van der Waals surface area contributed by atoms with Crippen LogP contribution in [0.3, 0.4) is 0 Å². The average molecular weight is 327 g/mol. The van der Waals surface area contributed by atoms with E-state index in [9.17, 15) is 14.4 Å². The van der Waals surface area contributed by atoms with E-state index in [4.69, 9.17) is 0 Å². The summed E-state index contributed by atoms with van der Waals surface area (Å²) in [5, 5.41) is 6.16. The standard InChI is InChI=1S/C18H21N3O3/c1-9-12-13(15(23)21(14(12)22)17(2,3)4)18(20-9)10-7-5-6-8-11(10)19-16(18)24/h5-9,12-13,20H,1-4H3,(H,19,24). The van der Waals surface area contributed by atoms with E-state index in [1.165, 1.54) is 4.90 Å². The molecule has 3 aliphatic rings. The Morgan fingerprint density at radius 3 is 2.42 bits per heavy atom. The number of fused-ring (bicyclic) bond motifs is 4. The quantitative estimate of drug-likeness (QED) is 0.703. The molecule has 2 fully saturated rings. The highest BCUT2D eigenvalue weighted by Crippen LogP contribution is 2.53. The van der Waals surface area contributed by atoms with Crippen molar-refractivity contribution in [3.63, 3.8) is 0 Å². The molecule has 0 radical (unpaired) electrons. The molecule has 1 spiro atoms. The first-order valence-electron chi connectivity index (χ1n) is 8.26. The molecule has 1 aromatic carbocycles. The number of hydrogen-bond donors (Lipinski definition) is 2. The lowest BCUT2D eigenvalue weighted by molar-refractivity contribution is -0.147. The van der Waals surface area contributed by atoms with Crippen LogP contribution in [-0.2, 0) is 19.9 Å². The summed E-state index contributed by atoms with van der Waals surface area (Å²) in [6.45, 7) is 7.41. The van der Waals surface area contributed by atoms with Gasteiger partial charge in [0.05, 0.1) is 11.8 Å². The molecule has 24 heavy (non-hydrogen) atoms. The molecule has 4 atom stereocenters. The average Bonchev–Trinajstić information content (AvgIpc) is 3.04. The van der Waals surface area contributed by atoms with Crippen LogP contribution in [0.1, 0.15) is 33.3 Å². The lowest BCUT2D eigenvalue weighted by Crippen LogP contribution is -2.55. The molecule has 0 aliphatic carbocycles. The Balaban J connectivity index is 1.91. The van der Waals surface area contributed by atoms with Crippen LogP contribution in [-0.4, -0.2) is 34.2 Å². The number of nitrogens with zero attached hydrogens (tertiary/aromatic N) is 1. The Kier molecular flexibility index (Phi) is 2.84. The van der Waals surface area contributed by atoms with Crippen molar-refractivity contribution in [2.45, 2.75) is 44.8 Å². The topological polar surface area (TPSA) is 78.5 Å². The number of imide groups is 1. The van der Waals surface area contributed by atoms with Gasteiger partial charge in [-0.3, -0.25) is 24.6 Å². The number of rotatable bonds is 0. The number of amides is 3. The number of carbonyl (C=O) groups is 3. The van der Waals surface area contributed by atoms with E-state index >= 15 is 0 Å². The number of benzene rings is 1. The first-order chi connectivity index (χ1) is 11.2. The normalized spacial score (nSPS) is 34.8. The molecule has 2 N–H and O–H groups in total. The maximum Gasteiger partial charge on any atom is 0.250 e. The van der Waals surface area contributed by atoms with E-state index < -0.39 is 22.9 Å². The van der Waals surface area contributed by atoms with Gasteiger partial charge in [-0.25, -0.2) is 0 Å². The predicted molar refractivity (Wildman–Crippen MR) is 87.9 cm³/mol. The van der Waals surface area contributed by atoms with Crippen molar-refractivity contribution < 1.29 is 14.4 Å². The van der Waals surface area contributed by atoms with Gasteiger partial charge in [0.15, 0.2) is 0 Å². The number of hydrogen-bond acceptors (Lipinski definition) is 4. The molecule has 2 saturated heterocycles. The summed E-state index contributed by atoms with van der Waals surface area (Å²) in [5.41, 5.74) is -0.301. The molecule has 1 aromatic rings. The van der Waals surface area contributed by atoms with Crippen LogP contribution in [0.25, 0.3) is 0 Å². The smallest absolute Gasteiger partial charge is 0.250 e. The fourth-order valence-electron chi connectivity index (χ4n) is 4.58. The Labute approximate surface area is 140 Å². The molecule has 0 saturated carbocycles. The van der Waals surface area contributed by atoms with Crippen LogP contribution in [0.15, 0.2) is 24.3 Å². The van der Waals surface area contributed by atoms with Gasteiger partial charge < -0.3 is 5.32 Å². The highest BCUT2D eigenvalue weighted by molar-refractivity contribution is 6.15. The molecule has 0 aromatic heterocycles. The molecule has 4 rings (SSSR count). The molecule has 4 unspecified atom stereocenters. The zero-order valence-corrected chi connectivity index (χ0v) is 14.2. The SMILES string of the molecule is CC1NC2(C(=O)Nc3ccccc32)C2C(=O)N(C(C)(C)C)C(=O)C12. The fourth-order valence-corrected chi connectivity index (χ4v) is 4.58. The molecule has 3 amide bonds. The lowest BCUT2D eigenvalue weighted by Gasteiger charge is -2.34. The van der Waals surface area contributed by atoms with Gasteiger partial charge in [0.2, 0.25) is 17.7 Å². The van der Waals surface area contributed by atoms with Crippen LogP contribution in [0.5, 0.6) is 0 Å². The summed E-state index contributed by atoms with van der Waals surface area (Å²) < 4.78 is 0. The van der Waals surface area contributed by atoms with Crippen LogP contribution in [0.4, 0.5) is 5.69 Å². The van der Waals surface area contributed by atoms with Crippen molar-refractivity contribution in [3.05, 3.63) is 29.8 Å². The summed E-state index contributed by atoms with van der Waals surface area (Å²) in [6, 6.07) is 7.12. The van der Waals surface area contributed by atoms with Gasteiger partial charge in [0, 0.05) is 22.8 Å². The lowest BCUT2D eigenvalue weighted by atomic mass is 9.76. The Bertz CT molecular complexity index is 782. The molecule has 3 heterocycles. The van der Waals surface area contributed by atoms with Crippen molar-refractivity contribution in [3.8, 4) is 0 Å². The Hall–Kier alpha value is -2.21. The second kappa shape index (κ2) is 4.45. The van der Waals surface area contributed by atoms with Gasteiger partial charge in [-0.15, -0.1) is 0 Å². The number of para-hydroxylation sites is 1. The summed E-state index contributed by atoms with van der Waals surface area (Å²) in [5.74, 6) is -1.93. The molecule has 0 bridgehead atoms. The van der Waals surface area contributed by atoms with Crippen molar-refractivity contribution in [1.82, 2.24) is 10.2 Å². The summed E-state index contributed by atoms with van der Waals surface area (Å²) in [4.78, 5) is 40.4. The van der Waals surface area contributed by atoms with E-state index in [1.807, 2.05) is 52.0 Å². The second-order valence-electron chi connectivity index (χ2n) is 7.93. The molecular weight excluding hydrogens is 306 g/mol. The van der Waals surface area contributed by atoms with Gasteiger partial charge >= 0.3 is 0 Å². The highest BCUT2D eigenvalue weighted by Gasteiger charge is 2.70. The molecule has 126 valence electrons. The van der Waals surface area contributed by atoms with Crippen LogP contribution in [0, 0.1) is 11.8 Å². The van der Waals surface area contributed by atoms with Crippen molar-refractivity contribution in [2.75, 3.05) is 5.32 Å². The molecule has 6 nitrogen and oxygen atoms in total. The van der Waals surface area contributed by atoms with Crippen LogP contribution >= 0.6 is 0 Å². The maximum absolute atomic E-state index is 13.2. The van der Waals surface area contributed by atoms with Crippen LogP contribution in [0.2, 0.25) is 0 Å². The molecular formula is C18H21N3O3. The first kappa shape index (κ1) is 15.3. The fraction of sp³-hybridized carbons (Fsp3) is 0.500. The monoisotopic (exact) mass is 327 g/mol. The number of nitrogens with one attached hydrogen (secondary N) is 2. The molecule has 6 heteroatoms. The largest absolute Gasteiger partial charge is 0.324 e. The third-order valence-corrected chi connectivity index (χ3v) is 5.44. The Morgan fingerprint density at radius 1 is 1.08 bits per heavy atom.